The highest BCUT2D eigenvalue weighted by Gasteiger charge is 2.47. The molecule has 3 N–H and O–H groups in total. The Kier molecular flexibility index (Phi) is 8.46. The predicted octanol–water partition coefficient (Wildman–Crippen LogP) is 0.554. The van der Waals surface area contributed by atoms with E-state index in [-0.39, 0.29) is 0 Å². The summed E-state index contributed by atoms with van der Waals surface area (Å²) in [5.74, 6) is -6.18. The van der Waals surface area contributed by atoms with Crippen molar-refractivity contribution in [3.63, 3.8) is 0 Å². The highest BCUT2D eigenvalue weighted by Crippen LogP contribution is 2.23. The molecule has 29 heavy (non-hydrogen) atoms. The second-order valence-electron chi connectivity index (χ2n) is 6.42. The number of hydrogen-bond acceptors (Lipinski definition) is 5. The number of nitrogens with one attached hydrogen (secondary N) is 2. The SMILES string of the molecule is CCCN(CCC)C(=O)C1OC(C(=O)O)=CC(NC(=O)C(F)(F)F)C1NC(C)=O. The van der Waals surface area contributed by atoms with Crippen molar-refractivity contribution in [1.82, 2.24) is 15.5 Å². The first kappa shape index (κ1) is 24.2. The van der Waals surface area contributed by atoms with E-state index in [0.29, 0.717) is 25.9 Å². The summed E-state index contributed by atoms with van der Waals surface area (Å²) in [6.45, 7) is 5.27. The zero-order valence-electron chi connectivity index (χ0n) is 16.2. The van der Waals surface area contributed by atoms with Crippen molar-refractivity contribution in [2.45, 2.75) is 58.0 Å². The van der Waals surface area contributed by atoms with E-state index in [9.17, 15) is 37.5 Å². The van der Waals surface area contributed by atoms with Crippen LogP contribution < -0.4 is 10.6 Å². The van der Waals surface area contributed by atoms with Gasteiger partial charge in [-0.3, -0.25) is 14.4 Å². The van der Waals surface area contributed by atoms with Gasteiger partial charge in [-0.1, -0.05) is 13.8 Å². The maximum Gasteiger partial charge on any atom is 0.471 e. The van der Waals surface area contributed by atoms with Crippen LogP contribution in [0.2, 0.25) is 0 Å². The highest BCUT2D eigenvalue weighted by molar-refractivity contribution is 5.89. The van der Waals surface area contributed by atoms with Crippen LogP contribution in [0, 0.1) is 0 Å². The molecule has 3 atom stereocenters. The maximum atomic E-state index is 13.0. The van der Waals surface area contributed by atoms with Gasteiger partial charge in [0.05, 0.1) is 12.1 Å². The van der Waals surface area contributed by atoms with Crippen molar-refractivity contribution in [3.05, 3.63) is 11.8 Å². The molecular formula is C17H24F3N3O6. The van der Waals surface area contributed by atoms with Gasteiger partial charge in [-0.2, -0.15) is 13.2 Å². The van der Waals surface area contributed by atoms with Gasteiger partial charge in [-0.15, -0.1) is 0 Å². The lowest BCUT2D eigenvalue weighted by Crippen LogP contribution is -2.64. The first-order valence-corrected chi connectivity index (χ1v) is 8.97. The number of carbonyl (C=O) groups excluding carboxylic acids is 3. The monoisotopic (exact) mass is 423 g/mol. The third-order valence-corrected chi connectivity index (χ3v) is 3.98. The number of hydrogen-bond donors (Lipinski definition) is 3. The van der Waals surface area contributed by atoms with Gasteiger partial charge in [0, 0.05) is 20.0 Å². The quantitative estimate of drug-likeness (QED) is 0.524. The normalized spacial score (nSPS) is 21.4. The Morgan fingerprint density at radius 1 is 1.14 bits per heavy atom. The lowest BCUT2D eigenvalue weighted by atomic mass is 9.96. The standard InChI is InChI=1S/C17H24F3N3O6/c1-4-6-23(7-5-2)14(25)13-12(21-9(3)24)10(8-11(29-13)15(26)27)22-16(28)17(18,19)20/h8,10,12-13H,4-7H2,1-3H3,(H,21,24)(H,22,28)(H,26,27). The Bertz CT molecular complexity index is 674. The molecule has 164 valence electrons. The van der Waals surface area contributed by atoms with E-state index in [1.807, 2.05) is 0 Å². The number of alkyl halides is 3. The summed E-state index contributed by atoms with van der Waals surface area (Å²) in [6.07, 6.45) is -5.02. The Labute approximate surface area is 165 Å². The van der Waals surface area contributed by atoms with Gasteiger partial charge >= 0.3 is 18.1 Å². The predicted molar refractivity (Wildman–Crippen MR) is 93.3 cm³/mol. The van der Waals surface area contributed by atoms with E-state index < -0.39 is 53.8 Å². The number of nitrogens with zero attached hydrogens (tertiary/aromatic N) is 1. The largest absolute Gasteiger partial charge is 0.475 e. The van der Waals surface area contributed by atoms with Crippen LogP contribution in [0.4, 0.5) is 13.2 Å². The Hall–Kier alpha value is -2.79. The summed E-state index contributed by atoms with van der Waals surface area (Å²) in [7, 11) is 0. The molecule has 0 aromatic rings. The van der Waals surface area contributed by atoms with Crippen LogP contribution in [0.5, 0.6) is 0 Å². The van der Waals surface area contributed by atoms with Crippen LogP contribution in [0.25, 0.3) is 0 Å². The Balaban J connectivity index is 3.35. The third kappa shape index (κ3) is 6.64. The van der Waals surface area contributed by atoms with Crippen LogP contribution in [0.1, 0.15) is 33.6 Å². The number of halogens is 3. The van der Waals surface area contributed by atoms with Gasteiger partial charge < -0.3 is 25.4 Å². The van der Waals surface area contributed by atoms with Crippen molar-refractivity contribution < 1.29 is 42.2 Å². The summed E-state index contributed by atoms with van der Waals surface area (Å²) in [5.41, 5.74) is 0. The van der Waals surface area contributed by atoms with E-state index in [1.54, 1.807) is 19.2 Å². The number of carboxylic acids is 1. The van der Waals surface area contributed by atoms with Crippen molar-refractivity contribution in [2.24, 2.45) is 0 Å². The Morgan fingerprint density at radius 2 is 1.69 bits per heavy atom. The minimum Gasteiger partial charge on any atom is -0.475 e. The summed E-state index contributed by atoms with van der Waals surface area (Å²) in [5, 5.41) is 13.1. The van der Waals surface area contributed by atoms with E-state index in [1.165, 1.54) is 4.90 Å². The van der Waals surface area contributed by atoms with Crippen LogP contribution >= 0.6 is 0 Å². The average molecular weight is 423 g/mol. The fourth-order valence-electron chi connectivity index (χ4n) is 2.85. The second kappa shape index (κ2) is 10.1. The fourth-order valence-corrected chi connectivity index (χ4v) is 2.85. The molecule has 3 amide bonds. The molecule has 0 spiro atoms. The first-order valence-electron chi connectivity index (χ1n) is 8.97. The lowest BCUT2D eigenvalue weighted by Gasteiger charge is -2.38. The van der Waals surface area contributed by atoms with Crippen LogP contribution in [-0.4, -0.2) is 71.2 Å². The second-order valence-corrected chi connectivity index (χ2v) is 6.42. The minimum atomic E-state index is -5.24. The van der Waals surface area contributed by atoms with Crippen molar-refractivity contribution in [3.8, 4) is 0 Å². The molecule has 0 saturated heterocycles. The molecule has 12 heteroatoms. The molecule has 0 fully saturated rings. The van der Waals surface area contributed by atoms with Gasteiger partial charge in [0.25, 0.3) is 5.91 Å². The molecule has 0 aromatic carbocycles. The molecule has 1 aliphatic rings. The molecule has 1 rings (SSSR count). The number of carbonyl (C=O) groups is 4. The van der Waals surface area contributed by atoms with E-state index >= 15 is 0 Å². The zero-order chi connectivity index (χ0) is 22.4. The van der Waals surface area contributed by atoms with E-state index in [0.717, 1.165) is 13.0 Å². The molecule has 0 radical (unpaired) electrons. The van der Waals surface area contributed by atoms with Gasteiger partial charge in [0.1, 0.15) is 0 Å². The molecule has 0 bridgehead atoms. The van der Waals surface area contributed by atoms with Gasteiger partial charge in [-0.05, 0) is 18.9 Å². The molecular weight excluding hydrogens is 399 g/mol. The Morgan fingerprint density at radius 3 is 2.10 bits per heavy atom. The van der Waals surface area contributed by atoms with E-state index in [2.05, 4.69) is 5.32 Å². The summed E-state index contributed by atoms with van der Waals surface area (Å²) < 4.78 is 43.3. The highest BCUT2D eigenvalue weighted by atomic mass is 19.4. The fraction of sp³-hybridized carbons (Fsp3) is 0.647. The molecule has 0 saturated carbocycles. The average Bonchev–Trinajstić information content (AvgIpc) is 2.60. The van der Waals surface area contributed by atoms with Gasteiger partial charge in [0.15, 0.2) is 6.10 Å². The summed E-state index contributed by atoms with van der Waals surface area (Å²) in [4.78, 5) is 48.7. The number of ether oxygens (including phenoxy) is 1. The van der Waals surface area contributed by atoms with Gasteiger partial charge in [-0.25, -0.2) is 4.79 Å². The molecule has 9 nitrogen and oxygen atoms in total. The number of carboxylic acid groups (broad SMARTS) is 1. The smallest absolute Gasteiger partial charge is 0.471 e. The molecule has 0 aromatic heterocycles. The first-order chi connectivity index (χ1) is 13.4. The molecule has 0 aliphatic carbocycles. The van der Waals surface area contributed by atoms with Crippen molar-refractivity contribution in [2.75, 3.05) is 13.1 Å². The van der Waals surface area contributed by atoms with Crippen molar-refractivity contribution in [1.29, 1.82) is 0 Å². The molecule has 1 aliphatic heterocycles. The molecule has 3 unspecified atom stereocenters. The van der Waals surface area contributed by atoms with Crippen LogP contribution in [0.3, 0.4) is 0 Å². The zero-order valence-corrected chi connectivity index (χ0v) is 16.2. The lowest BCUT2D eigenvalue weighted by molar-refractivity contribution is -0.175. The van der Waals surface area contributed by atoms with E-state index in [4.69, 9.17) is 4.74 Å². The topological polar surface area (TPSA) is 125 Å². The maximum absolute atomic E-state index is 13.0. The third-order valence-electron chi connectivity index (χ3n) is 3.98. The number of amides is 3. The number of rotatable bonds is 8. The number of aliphatic carboxylic acids is 1. The van der Waals surface area contributed by atoms with Crippen LogP contribution in [0.15, 0.2) is 11.8 Å². The summed E-state index contributed by atoms with van der Waals surface area (Å²) >= 11 is 0. The van der Waals surface area contributed by atoms with Gasteiger partial charge in [0.2, 0.25) is 11.7 Å². The van der Waals surface area contributed by atoms with Crippen molar-refractivity contribution >= 4 is 23.7 Å². The van der Waals surface area contributed by atoms with Crippen LogP contribution in [-0.2, 0) is 23.9 Å². The summed E-state index contributed by atoms with van der Waals surface area (Å²) in [6, 6.07) is -3.07. The minimum absolute atomic E-state index is 0.297. The molecule has 1 heterocycles.